The van der Waals surface area contributed by atoms with E-state index in [2.05, 4.69) is 40.5 Å². The Bertz CT molecular complexity index is 667. The van der Waals surface area contributed by atoms with Crippen molar-refractivity contribution >= 4 is 17.4 Å². The molecule has 23 heavy (non-hydrogen) atoms. The van der Waals surface area contributed by atoms with Crippen molar-refractivity contribution in [2.24, 2.45) is 0 Å². The van der Waals surface area contributed by atoms with E-state index in [4.69, 9.17) is 0 Å². The van der Waals surface area contributed by atoms with Gasteiger partial charge in [0, 0.05) is 18.8 Å². The van der Waals surface area contributed by atoms with Crippen LogP contribution in [0.5, 0.6) is 0 Å². The quantitative estimate of drug-likeness (QED) is 0.855. The van der Waals surface area contributed by atoms with E-state index in [-0.39, 0.29) is 5.91 Å². The number of carbonyl (C=O) groups is 1. The van der Waals surface area contributed by atoms with E-state index in [1.54, 1.807) is 6.20 Å². The number of anilines is 2. The second-order valence-electron chi connectivity index (χ2n) is 5.72. The Morgan fingerprint density at radius 3 is 2.61 bits per heavy atom. The monoisotopic (exact) mass is 313 g/mol. The molecule has 6 nitrogen and oxygen atoms in total. The number of nitrogens with zero attached hydrogens (tertiary/aromatic N) is 3. The van der Waals surface area contributed by atoms with Crippen LogP contribution in [0.1, 0.15) is 21.6 Å². The Morgan fingerprint density at radius 1 is 1.17 bits per heavy atom. The Labute approximate surface area is 137 Å². The molecule has 0 fully saturated rings. The summed E-state index contributed by atoms with van der Waals surface area (Å²) in [4.78, 5) is 22.4. The van der Waals surface area contributed by atoms with Gasteiger partial charge in [0.05, 0.1) is 12.4 Å². The molecule has 122 valence electrons. The average molecular weight is 313 g/mol. The first-order valence-electron chi connectivity index (χ1n) is 7.55. The number of amides is 1. The smallest absolute Gasteiger partial charge is 0.271 e. The highest BCUT2D eigenvalue weighted by atomic mass is 16.1. The van der Waals surface area contributed by atoms with Gasteiger partial charge in [-0.25, -0.2) is 9.97 Å². The zero-order valence-corrected chi connectivity index (χ0v) is 14.1. The third-order valence-corrected chi connectivity index (χ3v) is 3.60. The fourth-order valence-electron chi connectivity index (χ4n) is 2.02. The number of aromatic nitrogens is 2. The zero-order valence-electron chi connectivity index (χ0n) is 14.1. The SMILES string of the molecule is Cc1cccc(Nc2cnc(C(=O)NCCN(C)C)cn2)c1C. The molecule has 0 atom stereocenters. The molecule has 0 bridgehead atoms. The number of hydrogen-bond acceptors (Lipinski definition) is 5. The molecule has 0 unspecified atom stereocenters. The van der Waals surface area contributed by atoms with Gasteiger partial charge in [-0.3, -0.25) is 4.79 Å². The van der Waals surface area contributed by atoms with Crippen molar-refractivity contribution in [1.29, 1.82) is 0 Å². The number of carbonyl (C=O) groups excluding carboxylic acids is 1. The molecule has 2 rings (SSSR count). The van der Waals surface area contributed by atoms with E-state index in [9.17, 15) is 4.79 Å². The summed E-state index contributed by atoms with van der Waals surface area (Å²) in [6.07, 6.45) is 3.06. The number of rotatable bonds is 6. The summed E-state index contributed by atoms with van der Waals surface area (Å²) in [7, 11) is 3.92. The average Bonchev–Trinajstić information content (AvgIpc) is 2.52. The van der Waals surface area contributed by atoms with Gasteiger partial charge in [-0.15, -0.1) is 0 Å². The van der Waals surface area contributed by atoms with E-state index in [1.165, 1.54) is 17.3 Å². The molecule has 2 N–H and O–H groups in total. The highest BCUT2D eigenvalue weighted by molar-refractivity contribution is 5.92. The van der Waals surface area contributed by atoms with Crippen molar-refractivity contribution in [2.75, 3.05) is 32.5 Å². The van der Waals surface area contributed by atoms with Gasteiger partial charge < -0.3 is 15.5 Å². The Morgan fingerprint density at radius 2 is 1.96 bits per heavy atom. The summed E-state index contributed by atoms with van der Waals surface area (Å²) in [6, 6.07) is 6.05. The van der Waals surface area contributed by atoms with Gasteiger partial charge in [-0.1, -0.05) is 12.1 Å². The van der Waals surface area contributed by atoms with Gasteiger partial charge in [-0.2, -0.15) is 0 Å². The van der Waals surface area contributed by atoms with E-state index >= 15 is 0 Å². The van der Waals surface area contributed by atoms with E-state index < -0.39 is 0 Å². The number of benzene rings is 1. The van der Waals surface area contributed by atoms with Gasteiger partial charge in [0.2, 0.25) is 0 Å². The normalized spacial score (nSPS) is 10.7. The van der Waals surface area contributed by atoms with Crippen LogP contribution in [-0.4, -0.2) is 48.0 Å². The highest BCUT2D eigenvalue weighted by Crippen LogP contribution is 2.21. The number of nitrogens with one attached hydrogen (secondary N) is 2. The van der Waals surface area contributed by atoms with E-state index in [1.807, 2.05) is 31.1 Å². The van der Waals surface area contributed by atoms with Gasteiger partial charge in [0.25, 0.3) is 5.91 Å². The van der Waals surface area contributed by atoms with Crippen LogP contribution in [0, 0.1) is 13.8 Å². The summed E-state index contributed by atoms with van der Waals surface area (Å²) in [6.45, 7) is 5.48. The predicted octanol–water partition coefficient (Wildman–Crippen LogP) is 2.13. The standard InChI is InChI=1S/C17H23N5O/c1-12-6-5-7-14(13(12)2)21-16-11-19-15(10-20-16)17(23)18-8-9-22(3)4/h5-7,10-11H,8-9H2,1-4H3,(H,18,23)(H,20,21). The van der Waals surface area contributed by atoms with Crippen molar-refractivity contribution < 1.29 is 4.79 Å². The molecule has 0 aliphatic heterocycles. The van der Waals surface area contributed by atoms with Gasteiger partial charge in [0.15, 0.2) is 0 Å². The number of hydrogen-bond donors (Lipinski definition) is 2. The summed E-state index contributed by atoms with van der Waals surface area (Å²) in [5, 5.41) is 6.04. The third kappa shape index (κ3) is 4.75. The summed E-state index contributed by atoms with van der Waals surface area (Å²) < 4.78 is 0. The van der Waals surface area contributed by atoms with Crippen LogP contribution in [0.4, 0.5) is 11.5 Å². The lowest BCUT2D eigenvalue weighted by Gasteiger charge is -2.11. The summed E-state index contributed by atoms with van der Waals surface area (Å²) in [5.74, 6) is 0.404. The largest absolute Gasteiger partial charge is 0.349 e. The number of likely N-dealkylation sites (N-methyl/N-ethyl adjacent to an activating group) is 1. The van der Waals surface area contributed by atoms with Gasteiger partial charge in [0.1, 0.15) is 11.5 Å². The van der Waals surface area contributed by atoms with Crippen LogP contribution in [0.15, 0.2) is 30.6 Å². The lowest BCUT2D eigenvalue weighted by molar-refractivity contribution is 0.0945. The lowest BCUT2D eigenvalue weighted by Crippen LogP contribution is -2.31. The molecule has 2 aromatic rings. The van der Waals surface area contributed by atoms with Crippen molar-refractivity contribution in [3.8, 4) is 0 Å². The molecule has 0 spiro atoms. The molecule has 0 aliphatic rings. The Kier molecular flexibility index (Phi) is 5.65. The van der Waals surface area contributed by atoms with Crippen molar-refractivity contribution in [2.45, 2.75) is 13.8 Å². The second kappa shape index (κ2) is 7.69. The number of aryl methyl sites for hydroxylation is 1. The van der Waals surface area contributed by atoms with Crippen molar-refractivity contribution in [1.82, 2.24) is 20.2 Å². The molecular formula is C17H23N5O. The predicted molar refractivity (Wildman–Crippen MR) is 92.1 cm³/mol. The van der Waals surface area contributed by atoms with Gasteiger partial charge in [-0.05, 0) is 45.1 Å². The molecule has 0 radical (unpaired) electrons. The molecule has 0 aliphatic carbocycles. The molecule has 0 saturated heterocycles. The minimum absolute atomic E-state index is 0.211. The van der Waals surface area contributed by atoms with Crippen LogP contribution in [-0.2, 0) is 0 Å². The zero-order chi connectivity index (χ0) is 16.8. The maximum Gasteiger partial charge on any atom is 0.271 e. The summed E-state index contributed by atoms with van der Waals surface area (Å²) in [5.41, 5.74) is 3.68. The van der Waals surface area contributed by atoms with Crippen LogP contribution < -0.4 is 10.6 Å². The Hall–Kier alpha value is -2.47. The molecular weight excluding hydrogens is 290 g/mol. The first-order valence-corrected chi connectivity index (χ1v) is 7.55. The lowest BCUT2D eigenvalue weighted by atomic mass is 10.1. The topological polar surface area (TPSA) is 70.2 Å². The molecule has 1 aromatic carbocycles. The second-order valence-corrected chi connectivity index (χ2v) is 5.72. The first kappa shape index (κ1) is 16.9. The van der Waals surface area contributed by atoms with Crippen LogP contribution in [0.2, 0.25) is 0 Å². The highest BCUT2D eigenvalue weighted by Gasteiger charge is 2.08. The van der Waals surface area contributed by atoms with E-state index in [0.29, 0.717) is 18.1 Å². The fourth-order valence-corrected chi connectivity index (χ4v) is 2.02. The third-order valence-electron chi connectivity index (χ3n) is 3.60. The van der Waals surface area contributed by atoms with Crippen molar-refractivity contribution in [3.63, 3.8) is 0 Å². The molecule has 1 aromatic heterocycles. The minimum Gasteiger partial charge on any atom is -0.349 e. The molecule has 1 amide bonds. The van der Waals surface area contributed by atoms with Crippen LogP contribution >= 0.6 is 0 Å². The first-order chi connectivity index (χ1) is 11.0. The van der Waals surface area contributed by atoms with Gasteiger partial charge >= 0.3 is 0 Å². The maximum atomic E-state index is 11.9. The minimum atomic E-state index is -0.211. The fraction of sp³-hybridized carbons (Fsp3) is 0.353. The van der Waals surface area contributed by atoms with Crippen LogP contribution in [0.25, 0.3) is 0 Å². The Balaban J connectivity index is 1.99. The summed E-state index contributed by atoms with van der Waals surface area (Å²) >= 11 is 0. The van der Waals surface area contributed by atoms with Crippen molar-refractivity contribution in [3.05, 3.63) is 47.4 Å². The molecule has 1 heterocycles. The maximum absolute atomic E-state index is 11.9. The molecule has 6 heteroatoms. The van der Waals surface area contributed by atoms with Crippen LogP contribution in [0.3, 0.4) is 0 Å². The molecule has 0 saturated carbocycles. The van der Waals surface area contributed by atoms with E-state index in [0.717, 1.165) is 12.2 Å².